The third-order valence-corrected chi connectivity index (χ3v) is 14.5. The van der Waals surface area contributed by atoms with Crippen LogP contribution in [-0.4, -0.2) is 165 Å². The lowest BCUT2D eigenvalue weighted by molar-refractivity contribution is -0.157. The fraction of sp³-hybridized carbons (Fsp3) is 0.480. The fourth-order valence-electron chi connectivity index (χ4n) is 8.95. The molecule has 6 rings (SSSR count). The Labute approximate surface area is 416 Å². The number of amides is 6. The summed E-state index contributed by atoms with van der Waals surface area (Å²) in [6, 6.07) is 10.6. The molecule has 3 saturated heterocycles. The summed E-state index contributed by atoms with van der Waals surface area (Å²) in [5.74, 6) is -8.35. The lowest BCUT2D eigenvalue weighted by atomic mass is 9.90. The number of aromatic hydroxyl groups is 1. The molecule has 380 valence electrons. The SMILES string of the molecule is CC[C@@]1(C)NC(=O)[C@@H](NC(=O)c2ncccc2O)[C@@H](C)OC(=O)[C@H](c2ccccc2)NC(=O)[C@@H]2CC(=O)C(CSCCC(=O)O)CN2C(=O)[C@H](Cc2ccc(N(C)C)cc2)N(C)C(=O)[C@@H]2CCCN2C1=O. The molecule has 20 nitrogen and oxygen atoms in total. The highest BCUT2D eigenvalue weighted by Crippen LogP contribution is 2.30. The van der Waals surface area contributed by atoms with E-state index in [9.17, 15) is 43.8 Å². The van der Waals surface area contributed by atoms with Crippen LogP contribution in [0.3, 0.4) is 0 Å². The number of anilines is 1. The number of carbonyl (C=O) groups is 9. The van der Waals surface area contributed by atoms with Gasteiger partial charge in [0.15, 0.2) is 11.7 Å². The molecule has 4 heterocycles. The number of hydrogen-bond acceptors (Lipinski definition) is 14. The minimum Gasteiger partial charge on any atom is -0.505 e. The number of carboxylic acid groups (broad SMARTS) is 1. The van der Waals surface area contributed by atoms with Crippen LogP contribution in [0.25, 0.3) is 0 Å². The lowest BCUT2D eigenvalue weighted by Gasteiger charge is -2.42. The number of nitrogens with zero attached hydrogens (tertiary/aromatic N) is 5. The fourth-order valence-corrected chi connectivity index (χ4v) is 10.0. The van der Waals surface area contributed by atoms with Gasteiger partial charge < -0.3 is 50.5 Å². The Morgan fingerprint density at radius 1 is 0.944 bits per heavy atom. The molecule has 0 bridgehead atoms. The van der Waals surface area contributed by atoms with Gasteiger partial charge in [-0.25, -0.2) is 9.78 Å². The van der Waals surface area contributed by atoms with Crippen molar-refractivity contribution in [3.63, 3.8) is 0 Å². The van der Waals surface area contributed by atoms with Crippen LogP contribution < -0.4 is 20.9 Å². The summed E-state index contributed by atoms with van der Waals surface area (Å²) in [5.41, 5.74) is -0.423. The molecule has 0 saturated carbocycles. The summed E-state index contributed by atoms with van der Waals surface area (Å²) in [7, 11) is 5.19. The van der Waals surface area contributed by atoms with Crippen molar-refractivity contribution in [2.45, 2.75) is 101 Å². The monoisotopic (exact) mass is 998 g/mol. The van der Waals surface area contributed by atoms with E-state index in [0.717, 1.165) is 5.69 Å². The van der Waals surface area contributed by atoms with Gasteiger partial charge in [0.25, 0.3) is 5.91 Å². The number of carboxylic acids is 1. The minimum atomic E-state index is -1.75. The number of carbonyl (C=O) groups excluding carboxylic acids is 8. The second-order valence-corrected chi connectivity index (χ2v) is 19.6. The van der Waals surface area contributed by atoms with Gasteiger partial charge in [-0.2, -0.15) is 11.8 Å². The first-order valence-corrected chi connectivity index (χ1v) is 24.7. The number of thioether (sulfide) groups is 1. The van der Waals surface area contributed by atoms with Crippen LogP contribution >= 0.6 is 11.8 Å². The quantitative estimate of drug-likeness (QED) is 0.129. The van der Waals surface area contributed by atoms with Crippen molar-refractivity contribution in [3.8, 4) is 5.75 Å². The molecule has 0 spiro atoms. The van der Waals surface area contributed by atoms with E-state index in [1.165, 1.54) is 77.8 Å². The molecule has 21 heteroatoms. The molecule has 3 aliphatic heterocycles. The molecule has 1 unspecified atom stereocenters. The average molecular weight is 999 g/mol. The smallest absolute Gasteiger partial charge is 0.333 e. The maximum Gasteiger partial charge on any atom is 0.333 e. The third kappa shape index (κ3) is 12.5. The molecular weight excluding hydrogens is 937 g/mol. The highest BCUT2D eigenvalue weighted by Gasteiger charge is 2.49. The van der Waals surface area contributed by atoms with Crippen LogP contribution in [0, 0.1) is 5.92 Å². The van der Waals surface area contributed by atoms with E-state index in [1.54, 1.807) is 25.1 Å². The molecule has 5 N–H and O–H groups in total. The van der Waals surface area contributed by atoms with Gasteiger partial charge in [0.1, 0.15) is 47.3 Å². The highest BCUT2D eigenvalue weighted by molar-refractivity contribution is 7.99. The molecule has 0 aliphatic carbocycles. The van der Waals surface area contributed by atoms with Gasteiger partial charge in [-0.1, -0.05) is 49.4 Å². The van der Waals surface area contributed by atoms with Gasteiger partial charge in [-0.3, -0.25) is 38.4 Å². The molecule has 3 fully saturated rings. The summed E-state index contributed by atoms with van der Waals surface area (Å²) in [5, 5.41) is 27.7. The van der Waals surface area contributed by atoms with Crippen molar-refractivity contribution in [1.82, 2.24) is 35.6 Å². The van der Waals surface area contributed by atoms with Crippen LogP contribution in [0.15, 0.2) is 72.9 Å². The van der Waals surface area contributed by atoms with E-state index < -0.39 is 113 Å². The van der Waals surface area contributed by atoms with E-state index >= 15 is 9.59 Å². The number of cyclic esters (lactones) is 1. The maximum atomic E-state index is 15.5. The van der Waals surface area contributed by atoms with Crippen LogP contribution in [0.4, 0.5) is 5.69 Å². The normalized spacial score (nSPS) is 26.0. The number of Topliss-reactive ketones (excluding diaryl/α,β-unsaturated/α-hetero) is 1. The van der Waals surface area contributed by atoms with Crippen LogP contribution in [-0.2, 0) is 49.5 Å². The number of hydrogen-bond donors (Lipinski definition) is 5. The Hall–Kier alpha value is -7.03. The average Bonchev–Trinajstić information content (AvgIpc) is 3.84. The number of nitrogens with one attached hydrogen (secondary N) is 3. The van der Waals surface area contributed by atoms with Gasteiger partial charge in [0.05, 0.1) is 6.42 Å². The number of pyridine rings is 1. The molecule has 8 atom stereocenters. The number of aliphatic carboxylic acids is 1. The zero-order valence-corrected chi connectivity index (χ0v) is 41.5. The van der Waals surface area contributed by atoms with E-state index in [1.807, 2.05) is 43.3 Å². The Morgan fingerprint density at radius 3 is 2.30 bits per heavy atom. The van der Waals surface area contributed by atoms with E-state index in [4.69, 9.17) is 4.74 Å². The second kappa shape index (κ2) is 23.3. The molecule has 71 heavy (non-hydrogen) atoms. The van der Waals surface area contributed by atoms with Crippen LogP contribution in [0.5, 0.6) is 5.75 Å². The molecule has 0 radical (unpaired) electrons. The Kier molecular flexibility index (Phi) is 17.5. The van der Waals surface area contributed by atoms with E-state index in [-0.39, 0.29) is 61.6 Å². The van der Waals surface area contributed by atoms with Crippen molar-refractivity contribution in [1.29, 1.82) is 0 Å². The first kappa shape index (κ1) is 53.3. The lowest BCUT2D eigenvalue weighted by Crippen LogP contribution is -2.65. The number of rotatable bonds is 12. The summed E-state index contributed by atoms with van der Waals surface area (Å²) < 4.78 is 5.93. The molecule has 3 aliphatic rings. The first-order valence-electron chi connectivity index (χ1n) is 23.5. The van der Waals surface area contributed by atoms with Gasteiger partial charge in [-0.05, 0) is 68.5 Å². The molecular formula is C50H62N8O12S. The number of esters is 1. The molecule has 3 aromatic rings. The van der Waals surface area contributed by atoms with Crippen molar-refractivity contribution < 1.29 is 58.1 Å². The topological polar surface area (TPSA) is 265 Å². The third-order valence-electron chi connectivity index (χ3n) is 13.4. The van der Waals surface area contributed by atoms with Crippen LogP contribution in [0.2, 0.25) is 0 Å². The van der Waals surface area contributed by atoms with Crippen molar-refractivity contribution in [3.05, 3.63) is 89.7 Å². The Morgan fingerprint density at radius 2 is 1.65 bits per heavy atom. The minimum absolute atomic E-state index is 0.00230. The number of fused-ring (bicyclic) bond motifs is 2. The summed E-state index contributed by atoms with van der Waals surface area (Å²) in [4.78, 5) is 138. The second-order valence-electron chi connectivity index (χ2n) is 18.5. The molecule has 1 aromatic heterocycles. The Bertz CT molecular complexity index is 2490. The molecule has 2 aromatic carbocycles. The van der Waals surface area contributed by atoms with Crippen LogP contribution in [0.1, 0.15) is 80.5 Å². The zero-order chi connectivity index (χ0) is 51.7. The van der Waals surface area contributed by atoms with Crippen molar-refractivity contribution in [2.24, 2.45) is 5.92 Å². The number of ketones is 1. The van der Waals surface area contributed by atoms with Crippen molar-refractivity contribution in [2.75, 3.05) is 50.6 Å². The number of ether oxygens (including phenoxy) is 1. The number of piperidine rings is 1. The van der Waals surface area contributed by atoms with Gasteiger partial charge in [0.2, 0.25) is 29.5 Å². The number of likely N-dealkylation sites (N-methyl/N-ethyl adjacent to an activating group) is 1. The zero-order valence-electron chi connectivity index (χ0n) is 40.7. The van der Waals surface area contributed by atoms with Gasteiger partial charge in [0, 0.05) is 76.4 Å². The predicted molar refractivity (Wildman–Crippen MR) is 261 cm³/mol. The summed E-state index contributed by atoms with van der Waals surface area (Å²) in [6.45, 7) is 4.27. The standard InChI is InChI=1S/C50H62N8O12S/c1-7-50(3)49(69)57-23-12-15-34(57)46(66)56(6)36(25-30-17-19-33(20-18-30)55(4)5)47(67)58-27-32(28-71-24-21-39(61)62)38(60)26-35(58)43(63)53-41(31-13-9-8-10-14-31)48(68)70-29(2)40(45(65)54-50)52-44(64)42-37(59)16-11-22-51-42/h8-11,13-14,16-20,22,29,32,34-36,40-41,59H,7,12,15,21,23-28H2,1-6H3,(H,52,64)(H,53,63)(H,54,65)(H,61,62)/t29-,32?,34+,35+,36+,40+,41+,50-/m1/s1. The Balaban J connectivity index is 1.48. The number of benzene rings is 2. The summed E-state index contributed by atoms with van der Waals surface area (Å²) in [6.07, 6.45) is -0.391. The number of aromatic nitrogens is 1. The molecule has 6 amide bonds. The van der Waals surface area contributed by atoms with Crippen molar-refractivity contribution >= 4 is 70.6 Å². The first-order chi connectivity index (χ1) is 33.7. The van der Waals surface area contributed by atoms with Gasteiger partial charge >= 0.3 is 11.9 Å². The maximum absolute atomic E-state index is 15.5. The largest absolute Gasteiger partial charge is 0.505 e. The van der Waals surface area contributed by atoms with E-state index in [2.05, 4.69) is 20.9 Å². The highest BCUT2D eigenvalue weighted by atomic mass is 32.2. The predicted octanol–water partition coefficient (Wildman–Crippen LogP) is 2.09. The summed E-state index contributed by atoms with van der Waals surface area (Å²) >= 11 is 1.21. The van der Waals surface area contributed by atoms with E-state index in [0.29, 0.717) is 12.0 Å². The van der Waals surface area contributed by atoms with Gasteiger partial charge in [-0.15, -0.1) is 0 Å².